The zero-order valence-corrected chi connectivity index (χ0v) is 12.1. The first-order valence-corrected chi connectivity index (χ1v) is 6.84. The number of tetrazole rings is 1. The van der Waals surface area contributed by atoms with Crippen molar-refractivity contribution in [2.45, 2.75) is 5.92 Å². The second kappa shape index (κ2) is 6.34. The molecule has 24 heavy (non-hydrogen) atoms. The molecular formula is C16H9F2N5O. The van der Waals surface area contributed by atoms with Gasteiger partial charge >= 0.3 is 0 Å². The summed E-state index contributed by atoms with van der Waals surface area (Å²) in [6.45, 7) is 0. The van der Waals surface area contributed by atoms with Crippen LogP contribution < -0.4 is 0 Å². The molecule has 8 heteroatoms. The maximum atomic E-state index is 13.3. The van der Waals surface area contributed by atoms with E-state index in [1.165, 1.54) is 4.68 Å². The van der Waals surface area contributed by atoms with Gasteiger partial charge in [0.05, 0.1) is 11.8 Å². The number of aromatic nitrogens is 4. The lowest BCUT2D eigenvalue weighted by Gasteiger charge is -2.09. The molecule has 3 aromatic rings. The van der Waals surface area contributed by atoms with Crippen LogP contribution in [0, 0.1) is 23.0 Å². The van der Waals surface area contributed by atoms with Gasteiger partial charge in [-0.3, -0.25) is 4.79 Å². The first-order chi connectivity index (χ1) is 11.6. The third-order valence-electron chi connectivity index (χ3n) is 3.29. The van der Waals surface area contributed by atoms with E-state index in [9.17, 15) is 18.8 Å². The third-order valence-corrected chi connectivity index (χ3v) is 3.29. The highest BCUT2D eigenvalue weighted by Crippen LogP contribution is 2.21. The minimum absolute atomic E-state index is 0.0293. The number of Topliss-reactive ketones (excluding diaryl/α,β-unsaturated/α-hetero) is 1. The van der Waals surface area contributed by atoms with Crippen molar-refractivity contribution in [2.75, 3.05) is 0 Å². The summed E-state index contributed by atoms with van der Waals surface area (Å²) < 4.78 is 27.9. The number of nitriles is 1. The maximum Gasteiger partial charge on any atom is 0.188 e. The smallest absolute Gasteiger partial charge is 0.188 e. The van der Waals surface area contributed by atoms with Gasteiger partial charge in [-0.2, -0.15) is 9.94 Å². The van der Waals surface area contributed by atoms with Crippen LogP contribution in [0.15, 0.2) is 48.5 Å². The van der Waals surface area contributed by atoms with Crippen molar-refractivity contribution in [3.63, 3.8) is 0 Å². The topological polar surface area (TPSA) is 84.5 Å². The summed E-state index contributed by atoms with van der Waals surface area (Å²) in [6, 6.07) is 12.8. The van der Waals surface area contributed by atoms with Crippen LogP contribution in [0.5, 0.6) is 0 Å². The monoisotopic (exact) mass is 325 g/mol. The third kappa shape index (κ3) is 2.87. The Labute approximate surface area is 135 Å². The zero-order valence-electron chi connectivity index (χ0n) is 12.1. The highest BCUT2D eigenvalue weighted by Gasteiger charge is 2.28. The van der Waals surface area contributed by atoms with Gasteiger partial charge < -0.3 is 0 Å². The molecule has 6 nitrogen and oxygen atoms in total. The fourth-order valence-corrected chi connectivity index (χ4v) is 2.22. The lowest BCUT2D eigenvalue weighted by Crippen LogP contribution is -2.17. The number of halogens is 2. The van der Waals surface area contributed by atoms with Crippen molar-refractivity contribution in [3.05, 3.63) is 71.6 Å². The minimum atomic E-state index is -1.40. The molecule has 0 aliphatic carbocycles. The van der Waals surface area contributed by atoms with Gasteiger partial charge in [-0.25, -0.2) is 8.78 Å². The van der Waals surface area contributed by atoms with Crippen LogP contribution in [0.2, 0.25) is 0 Å². The molecule has 2 aromatic carbocycles. The average molecular weight is 325 g/mol. The van der Waals surface area contributed by atoms with Gasteiger partial charge in [0.15, 0.2) is 17.5 Å². The summed E-state index contributed by atoms with van der Waals surface area (Å²) in [5.74, 6) is -4.03. The van der Waals surface area contributed by atoms with Crippen LogP contribution in [0.4, 0.5) is 8.78 Å². The molecule has 0 unspecified atom stereocenters. The summed E-state index contributed by atoms with van der Waals surface area (Å²) >= 11 is 0. The summed E-state index contributed by atoms with van der Waals surface area (Å²) in [4.78, 5) is 12.5. The Balaban J connectivity index is 2.03. The van der Waals surface area contributed by atoms with E-state index >= 15 is 0 Å². The lowest BCUT2D eigenvalue weighted by molar-refractivity contribution is 0.0974. The molecule has 3 rings (SSSR count). The number of hydrogen-bond donors (Lipinski definition) is 0. The summed E-state index contributed by atoms with van der Waals surface area (Å²) in [7, 11) is 0. The maximum absolute atomic E-state index is 13.3. The van der Waals surface area contributed by atoms with E-state index < -0.39 is 23.3 Å². The molecule has 0 amide bonds. The summed E-state index contributed by atoms with van der Waals surface area (Å²) in [5.41, 5.74) is 0.289. The highest BCUT2D eigenvalue weighted by molar-refractivity contribution is 6.02. The summed E-state index contributed by atoms with van der Waals surface area (Å²) in [5, 5.41) is 20.4. The van der Waals surface area contributed by atoms with Crippen LogP contribution in [0.1, 0.15) is 22.1 Å². The molecule has 0 bridgehead atoms. The van der Waals surface area contributed by atoms with Crippen molar-refractivity contribution in [1.82, 2.24) is 20.2 Å². The Morgan fingerprint density at radius 3 is 2.42 bits per heavy atom. The number of carbonyl (C=O) groups is 1. The van der Waals surface area contributed by atoms with E-state index in [-0.39, 0.29) is 11.4 Å². The van der Waals surface area contributed by atoms with Gasteiger partial charge in [-0.05, 0) is 34.7 Å². The Hall–Kier alpha value is -3.47. The number of benzene rings is 2. The number of para-hydroxylation sites is 1. The van der Waals surface area contributed by atoms with Crippen molar-refractivity contribution < 1.29 is 13.6 Å². The number of carbonyl (C=O) groups excluding carboxylic acids is 1. The quantitative estimate of drug-likeness (QED) is 0.688. The van der Waals surface area contributed by atoms with Crippen LogP contribution in [-0.2, 0) is 0 Å². The van der Waals surface area contributed by atoms with E-state index in [0.29, 0.717) is 11.8 Å². The van der Waals surface area contributed by atoms with Crippen LogP contribution in [-0.4, -0.2) is 26.0 Å². The molecule has 0 radical (unpaired) electrons. The van der Waals surface area contributed by atoms with Crippen LogP contribution >= 0.6 is 0 Å². The van der Waals surface area contributed by atoms with E-state index in [2.05, 4.69) is 15.5 Å². The Kier molecular flexibility index (Phi) is 4.07. The Bertz CT molecular complexity index is 913. The Morgan fingerprint density at radius 1 is 1.12 bits per heavy atom. The van der Waals surface area contributed by atoms with Crippen molar-refractivity contribution in [3.8, 4) is 11.8 Å². The van der Waals surface area contributed by atoms with Crippen LogP contribution in [0.25, 0.3) is 5.69 Å². The van der Waals surface area contributed by atoms with Gasteiger partial charge in [0, 0.05) is 11.6 Å². The number of hydrogen-bond acceptors (Lipinski definition) is 5. The first-order valence-electron chi connectivity index (χ1n) is 6.84. The molecule has 0 fully saturated rings. The standard InChI is InChI=1S/C16H9F2N5O/c17-11-6-10(7-12(18)8-11)15(24)14(9-19)16-20-21-22-23(16)13-4-2-1-3-5-13/h1-8,14H/t14-/m1/s1. The molecule has 0 saturated carbocycles. The van der Waals surface area contributed by atoms with Gasteiger partial charge in [0.1, 0.15) is 11.6 Å². The molecular weight excluding hydrogens is 316 g/mol. The van der Waals surface area contributed by atoms with Gasteiger partial charge in [0.25, 0.3) is 0 Å². The predicted molar refractivity (Wildman–Crippen MR) is 78.2 cm³/mol. The SMILES string of the molecule is N#C[C@H](C(=O)c1cc(F)cc(F)c1)c1nnnn1-c1ccccc1. The fraction of sp³-hybridized carbons (Fsp3) is 0.0625. The molecule has 0 N–H and O–H groups in total. The average Bonchev–Trinajstić information content (AvgIpc) is 3.05. The molecule has 1 heterocycles. The van der Waals surface area contributed by atoms with Crippen LogP contribution in [0.3, 0.4) is 0 Å². The number of ketones is 1. The fourth-order valence-electron chi connectivity index (χ4n) is 2.22. The normalized spacial score (nSPS) is 11.7. The molecule has 0 aliphatic rings. The zero-order chi connectivity index (χ0) is 17.1. The molecule has 118 valence electrons. The first kappa shape index (κ1) is 15.4. The van der Waals surface area contributed by atoms with Gasteiger partial charge in [-0.1, -0.05) is 18.2 Å². The van der Waals surface area contributed by atoms with E-state index in [0.717, 1.165) is 12.1 Å². The van der Waals surface area contributed by atoms with Gasteiger partial charge in [-0.15, -0.1) is 5.10 Å². The minimum Gasteiger partial charge on any atom is -0.292 e. The van der Waals surface area contributed by atoms with Crippen molar-refractivity contribution >= 4 is 5.78 Å². The largest absolute Gasteiger partial charge is 0.292 e. The van der Waals surface area contributed by atoms with E-state index in [4.69, 9.17) is 0 Å². The molecule has 0 spiro atoms. The second-order valence-corrected chi connectivity index (χ2v) is 4.87. The summed E-state index contributed by atoms with van der Waals surface area (Å²) in [6.07, 6.45) is 0. The lowest BCUT2D eigenvalue weighted by atomic mass is 9.98. The number of nitrogens with zero attached hydrogens (tertiary/aromatic N) is 5. The molecule has 1 atom stereocenters. The van der Waals surface area contributed by atoms with Crippen molar-refractivity contribution in [1.29, 1.82) is 5.26 Å². The molecule has 1 aromatic heterocycles. The van der Waals surface area contributed by atoms with Crippen molar-refractivity contribution in [2.24, 2.45) is 0 Å². The van der Waals surface area contributed by atoms with E-state index in [1.807, 2.05) is 0 Å². The van der Waals surface area contributed by atoms with E-state index in [1.54, 1.807) is 36.4 Å². The molecule has 0 saturated heterocycles. The molecule has 0 aliphatic heterocycles. The Morgan fingerprint density at radius 2 is 1.79 bits per heavy atom. The van der Waals surface area contributed by atoms with Gasteiger partial charge in [0.2, 0.25) is 0 Å². The highest BCUT2D eigenvalue weighted by atomic mass is 19.1. The second-order valence-electron chi connectivity index (χ2n) is 4.87. The number of rotatable bonds is 4. The predicted octanol–water partition coefficient (Wildman–Crippen LogP) is 2.43.